The Morgan fingerprint density at radius 2 is 1.73 bits per heavy atom. The Hall–Kier alpha value is -3.38. The summed E-state index contributed by atoms with van der Waals surface area (Å²) in [5.41, 5.74) is 1.38. The summed E-state index contributed by atoms with van der Waals surface area (Å²) in [6.07, 6.45) is 0.925. The predicted molar refractivity (Wildman–Crippen MR) is 187 cm³/mol. The molecule has 1 aliphatic carbocycles. The second-order valence-corrected chi connectivity index (χ2v) is 15.0. The lowest BCUT2D eigenvalue weighted by Crippen LogP contribution is -2.53. The molecule has 1 saturated carbocycles. The molecule has 1 aromatic heterocycles. The number of nitrogens with zero attached hydrogens (tertiary/aromatic N) is 2. The van der Waals surface area contributed by atoms with E-state index in [1.165, 1.54) is 30.2 Å². The Balaban J connectivity index is 1.04. The highest BCUT2D eigenvalue weighted by atomic mass is 32.1. The number of thiophene rings is 1. The summed E-state index contributed by atoms with van der Waals surface area (Å²) in [7, 11) is 0. The van der Waals surface area contributed by atoms with Gasteiger partial charge in [0.2, 0.25) is 0 Å². The Kier molecular flexibility index (Phi) is 10.8. The van der Waals surface area contributed by atoms with E-state index in [-0.39, 0.29) is 40.2 Å². The molecule has 14 heteroatoms. The molecule has 4 fully saturated rings. The van der Waals surface area contributed by atoms with Crippen LogP contribution in [0.5, 0.6) is 5.75 Å². The van der Waals surface area contributed by atoms with Gasteiger partial charge in [-0.3, -0.25) is 0 Å². The van der Waals surface area contributed by atoms with Crippen LogP contribution in [0.4, 0.5) is 43.4 Å². The van der Waals surface area contributed by atoms with Crippen LogP contribution in [0.2, 0.25) is 0 Å². The maximum absolute atomic E-state index is 15.1. The number of hydrogen-bond donors (Lipinski definition) is 2. The molecule has 7 rings (SSSR count). The molecule has 4 heterocycles. The molecule has 0 unspecified atom stereocenters. The van der Waals surface area contributed by atoms with Gasteiger partial charge >= 0.3 is 12.8 Å². The van der Waals surface area contributed by atoms with Crippen LogP contribution in [-0.2, 0) is 15.9 Å². The minimum Gasteiger partial charge on any atom is -0.433 e. The van der Waals surface area contributed by atoms with Crippen molar-refractivity contribution in [1.29, 1.82) is 0 Å². The van der Waals surface area contributed by atoms with Gasteiger partial charge in [0.1, 0.15) is 5.82 Å². The number of ether oxygens (including phenoxy) is 3. The number of fused-ring (bicyclic) bond motifs is 1. The Labute approximate surface area is 297 Å². The van der Waals surface area contributed by atoms with Crippen molar-refractivity contribution in [3.05, 3.63) is 46.6 Å². The van der Waals surface area contributed by atoms with Gasteiger partial charge in [-0.05, 0) is 68.6 Å². The lowest BCUT2D eigenvalue weighted by atomic mass is 9.76. The number of halogens is 6. The van der Waals surface area contributed by atoms with Crippen molar-refractivity contribution in [2.75, 3.05) is 74.7 Å². The number of hydrogen-bond acceptors (Lipinski definition) is 8. The summed E-state index contributed by atoms with van der Waals surface area (Å²) in [6.45, 7) is 2.28. The number of likely N-dealkylation sites (tertiary alicyclic amines) is 1. The topological polar surface area (TPSA) is 58.2 Å². The SMILES string of the molecule is Fc1cc(NCC#Cc2sc3c(NC4CCC(N5CCC6(CC5)COC6)CC4)cccc3c2CC(F)(F)F)c(OC(F)F)cc1N1CCOCC1. The van der Waals surface area contributed by atoms with Crippen LogP contribution in [0, 0.1) is 23.1 Å². The van der Waals surface area contributed by atoms with Crippen molar-refractivity contribution in [2.45, 2.75) is 69.8 Å². The van der Waals surface area contributed by atoms with Gasteiger partial charge in [-0.2, -0.15) is 22.0 Å². The van der Waals surface area contributed by atoms with Gasteiger partial charge < -0.3 is 34.6 Å². The van der Waals surface area contributed by atoms with Crippen LogP contribution in [0.1, 0.15) is 49.0 Å². The fourth-order valence-corrected chi connectivity index (χ4v) is 8.96. The number of rotatable bonds is 9. The van der Waals surface area contributed by atoms with Gasteiger partial charge in [-0.1, -0.05) is 24.0 Å². The highest BCUT2D eigenvalue weighted by molar-refractivity contribution is 7.20. The third-order valence-electron chi connectivity index (χ3n) is 10.6. The molecule has 0 radical (unpaired) electrons. The van der Waals surface area contributed by atoms with Gasteiger partial charge in [0.25, 0.3) is 0 Å². The number of morpholine rings is 1. The zero-order valence-corrected chi connectivity index (χ0v) is 29.0. The molecule has 1 spiro atoms. The van der Waals surface area contributed by atoms with Crippen LogP contribution in [0.15, 0.2) is 30.3 Å². The first kappa shape index (κ1) is 36.0. The monoisotopic (exact) mass is 736 g/mol. The molecule has 7 nitrogen and oxygen atoms in total. The van der Waals surface area contributed by atoms with Crippen LogP contribution in [-0.4, -0.2) is 88.9 Å². The number of nitrogens with one attached hydrogen (secondary N) is 2. The largest absolute Gasteiger partial charge is 0.433 e. The van der Waals surface area contributed by atoms with Crippen LogP contribution in [0.25, 0.3) is 10.1 Å². The molecule has 0 atom stereocenters. The fourth-order valence-electron chi connectivity index (χ4n) is 7.79. The summed E-state index contributed by atoms with van der Waals surface area (Å²) < 4.78 is 99.2. The van der Waals surface area contributed by atoms with E-state index in [0.29, 0.717) is 47.8 Å². The second-order valence-electron chi connectivity index (χ2n) is 14.0. The number of anilines is 3. The first-order chi connectivity index (χ1) is 24.6. The van der Waals surface area contributed by atoms with E-state index in [4.69, 9.17) is 9.47 Å². The maximum atomic E-state index is 15.1. The quantitative estimate of drug-likeness (QED) is 0.171. The zero-order valence-electron chi connectivity index (χ0n) is 28.2. The normalized spacial score (nSPS) is 22.5. The van der Waals surface area contributed by atoms with E-state index in [1.54, 1.807) is 17.0 Å². The summed E-state index contributed by atoms with van der Waals surface area (Å²) in [5.74, 6) is 4.81. The number of piperidine rings is 1. The number of benzene rings is 2. The average Bonchev–Trinajstić information content (AvgIpc) is 3.44. The minimum absolute atomic E-state index is 0.0376. The molecule has 2 aromatic carbocycles. The molecule has 3 aromatic rings. The standard InChI is InChI=1S/C37H42F6N4O3S/c38-28-19-30(32(50-35(39)40)20-31(28)47-15-17-48-18-16-47)44-12-2-5-33-27(21-37(41,42)43)26-3-1-4-29(34(26)51-33)45-24-6-8-25(9-7-24)46-13-10-36(11-14-46)22-49-23-36/h1,3-4,19-20,24-25,35,44-45H,6-18,21-23H2. The zero-order chi connectivity index (χ0) is 35.6. The lowest BCUT2D eigenvalue weighted by Gasteiger charge is -2.49. The third-order valence-corrected chi connectivity index (χ3v) is 11.8. The first-order valence-electron chi connectivity index (χ1n) is 17.6. The third kappa shape index (κ3) is 8.48. The molecule has 0 amide bonds. The van der Waals surface area contributed by atoms with Crippen LogP contribution >= 0.6 is 11.3 Å². The van der Waals surface area contributed by atoms with Gasteiger partial charge in [0, 0.05) is 42.7 Å². The van der Waals surface area contributed by atoms with Crippen molar-refractivity contribution in [3.63, 3.8) is 0 Å². The maximum Gasteiger partial charge on any atom is 0.393 e. The first-order valence-corrected chi connectivity index (χ1v) is 18.4. The van der Waals surface area contributed by atoms with Gasteiger partial charge in [-0.15, -0.1) is 11.3 Å². The van der Waals surface area contributed by atoms with Crippen molar-refractivity contribution in [2.24, 2.45) is 5.41 Å². The average molecular weight is 737 g/mol. The van der Waals surface area contributed by atoms with Crippen LogP contribution < -0.4 is 20.3 Å². The molecule has 276 valence electrons. The van der Waals surface area contributed by atoms with E-state index >= 15 is 4.39 Å². The highest BCUT2D eigenvalue weighted by Gasteiger charge is 2.42. The Morgan fingerprint density at radius 1 is 0.980 bits per heavy atom. The van der Waals surface area contributed by atoms with Crippen molar-refractivity contribution < 1.29 is 40.6 Å². The molecule has 0 bridgehead atoms. The van der Waals surface area contributed by atoms with Gasteiger partial charge in [0.15, 0.2) is 5.75 Å². The molecule has 3 aliphatic heterocycles. The van der Waals surface area contributed by atoms with Crippen molar-refractivity contribution in [3.8, 4) is 17.6 Å². The minimum atomic E-state index is -4.45. The number of alkyl halides is 5. The van der Waals surface area contributed by atoms with E-state index in [9.17, 15) is 22.0 Å². The van der Waals surface area contributed by atoms with E-state index in [2.05, 4.69) is 32.1 Å². The van der Waals surface area contributed by atoms with Crippen molar-refractivity contribution >= 4 is 38.5 Å². The van der Waals surface area contributed by atoms with E-state index < -0.39 is 25.0 Å². The Morgan fingerprint density at radius 3 is 2.39 bits per heavy atom. The summed E-state index contributed by atoms with van der Waals surface area (Å²) >= 11 is 1.21. The van der Waals surface area contributed by atoms with Crippen molar-refractivity contribution in [1.82, 2.24) is 4.90 Å². The summed E-state index contributed by atoms with van der Waals surface area (Å²) in [4.78, 5) is 4.60. The van der Waals surface area contributed by atoms with E-state index in [1.807, 2.05) is 6.07 Å². The molecule has 2 N–H and O–H groups in total. The fraction of sp³-hybridized carbons (Fsp3) is 0.568. The molecule has 4 aliphatic rings. The predicted octanol–water partition coefficient (Wildman–Crippen LogP) is 7.88. The van der Waals surface area contributed by atoms with Crippen LogP contribution in [0.3, 0.4) is 0 Å². The summed E-state index contributed by atoms with van der Waals surface area (Å²) in [6, 6.07) is 8.43. The van der Waals surface area contributed by atoms with Gasteiger partial charge in [-0.25, -0.2) is 4.39 Å². The second kappa shape index (κ2) is 15.3. The van der Waals surface area contributed by atoms with E-state index in [0.717, 1.165) is 63.7 Å². The smallest absolute Gasteiger partial charge is 0.393 e. The molecule has 51 heavy (non-hydrogen) atoms. The molecular formula is C37H42F6N4O3S. The highest BCUT2D eigenvalue weighted by Crippen LogP contribution is 2.42. The van der Waals surface area contributed by atoms with Gasteiger partial charge in [0.05, 0.1) is 66.0 Å². The molecule has 3 saturated heterocycles. The molecular weight excluding hydrogens is 694 g/mol. The lowest BCUT2D eigenvalue weighted by molar-refractivity contribution is -0.143. The Bertz CT molecular complexity index is 1730. The summed E-state index contributed by atoms with van der Waals surface area (Å²) in [5, 5.41) is 6.95.